The third-order valence-corrected chi connectivity index (χ3v) is 3.03. The molecule has 2 aromatic rings. The van der Waals surface area contributed by atoms with Crippen molar-refractivity contribution in [3.63, 3.8) is 0 Å². The SMILES string of the molecule is CCCc1cc(C(=O)Nc2ccc(OC)cc2)cc(=O)[nH]1. The molecule has 5 heteroatoms. The number of ether oxygens (including phenoxy) is 1. The number of carbonyl (C=O) groups is 1. The first kappa shape index (κ1) is 14.8. The Morgan fingerprint density at radius 2 is 1.95 bits per heavy atom. The predicted octanol–water partition coefficient (Wildman–Crippen LogP) is 2.59. The molecule has 2 N–H and O–H groups in total. The molecule has 5 nitrogen and oxygen atoms in total. The van der Waals surface area contributed by atoms with Gasteiger partial charge in [-0.05, 0) is 36.8 Å². The number of aromatic nitrogens is 1. The van der Waals surface area contributed by atoms with Crippen LogP contribution in [0, 0.1) is 0 Å². The van der Waals surface area contributed by atoms with Crippen LogP contribution in [-0.2, 0) is 6.42 Å². The van der Waals surface area contributed by atoms with E-state index < -0.39 is 0 Å². The number of aromatic amines is 1. The quantitative estimate of drug-likeness (QED) is 0.887. The fourth-order valence-corrected chi connectivity index (χ4v) is 2.01. The van der Waals surface area contributed by atoms with Crippen LogP contribution in [-0.4, -0.2) is 18.0 Å². The van der Waals surface area contributed by atoms with Crippen molar-refractivity contribution in [3.8, 4) is 5.75 Å². The third kappa shape index (κ3) is 3.95. The molecule has 2 rings (SSSR count). The number of nitrogens with one attached hydrogen (secondary N) is 2. The van der Waals surface area contributed by atoms with Crippen LogP contribution in [0.15, 0.2) is 41.2 Å². The van der Waals surface area contributed by atoms with Crippen LogP contribution >= 0.6 is 0 Å². The third-order valence-electron chi connectivity index (χ3n) is 3.03. The molecule has 0 atom stereocenters. The fraction of sp³-hybridized carbons (Fsp3) is 0.250. The van der Waals surface area contributed by atoms with E-state index in [1.807, 2.05) is 6.92 Å². The van der Waals surface area contributed by atoms with Gasteiger partial charge in [0.25, 0.3) is 5.91 Å². The number of aryl methyl sites for hydroxylation is 1. The summed E-state index contributed by atoms with van der Waals surface area (Å²) in [5.41, 5.74) is 1.52. The van der Waals surface area contributed by atoms with Crippen LogP contribution in [0.2, 0.25) is 0 Å². The number of anilines is 1. The lowest BCUT2D eigenvalue weighted by Crippen LogP contribution is -2.17. The second-order valence-corrected chi connectivity index (χ2v) is 4.69. The average Bonchev–Trinajstić information content (AvgIpc) is 2.48. The first-order valence-electron chi connectivity index (χ1n) is 6.81. The zero-order valence-electron chi connectivity index (χ0n) is 12.1. The van der Waals surface area contributed by atoms with Gasteiger partial charge in [-0.1, -0.05) is 13.3 Å². The molecule has 0 bridgehead atoms. The maximum atomic E-state index is 12.2. The maximum Gasteiger partial charge on any atom is 0.255 e. The summed E-state index contributed by atoms with van der Waals surface area (Å²) < 4.78 is 5.06. The van der Waals surface area contributed by atoms with E-state index in [4.69, 9.17) is 4.74 Å². The lowest BCUT2D eigenvalue weighted by molar-refractivity contribution is 0.102. The molecule has 1 aromatic carbocycles. The van der Waals surface area contributed by atoms with Crippen LogP contribution in [0.1, 0.15) is 29.4 Å². The lowest BCUT2D eigenvalue weighted by atomic mass is 10.1. The Bertz CT molecular complexity index is 675. The van der Waals surface area contributed by atoms with E-state index in [2.05, 4.69) is 10.3 Å². The van der Waals surface area contributed by atoms with Crippen molar-refractivity contribution in [1.29, 1.82) is 0 Å². The summed E-state index contributed by atoms with van der Waals surface area (Å²) in [4.78, 5) is 26.5. The number of benzene rings is 1. The van der Waals surface area contributed by atoms with Gasteiger partial charge >= 0.3 is 0 Å². The summed E-state index contributed by atoms with van der Waals surface area (Å²) in [7, 11) is 1.58. The first-order valence-corrected chi connectivity index (χ1v) is 6.81. The maximum absolute atomic E-state index is 12.2. The van der Waals surface area contributed by atoms with Crippen molar-refractivity contribution in [2.24, 2.45) is 0 Å². The Morgan fingerprint density at radius 1 is 1.24 bits per heavy atom. The van der Waals surface area contributed by atoms with Gasteiger partial charge < -0.3 is 15.0 Å². The Morgan fingerprint density at radius 3 is 2.57 bits per heavy atom. The largest absolute Gasteiger partial charge is 0.497 e. The molecule has 0 fully saturated rings. The summed E-state index contributed by atoms with van der Waals surface area (Å²) in [5, 5.41) is 2.76. The van der Waals surface area contributed by atoms with Crippen LogP contribution in [0.25, 0.3) is 0 Å². The monoisotopic (exact) mass is 286 g/mol. The van der Waals surface area contributed by atoms with Crippen LogP contribution < -0.4 is 15.6 Å². The number of pyridine rings is 1. The molecule has 0 radical (unpaired) electrons. The number of rotatable bonds is 5. The van der Waals surface area contributed by atoms with Crippen LogP contribution in [0.4, 0.5) is 5.69 Å². The molecular weight excluding hydrogens is 268 g/mol. The van der Waals surface area contributed by atoms with E-state index in [9.17, 15) is 9.59 Å². The van der Waals surface area contributed by atoms with Gasteiger partial charge in [-0.2, -0.15) is 0 Å². The van der Waals surface area contributed by atoms with Crippen LogP contribution in [0.3, 0.4) is 0 Å². The molecule has 0 saturated heterocycles. The molecule has 21 heavy (non-hydrogen) atoms. The minimum atomic E-state index is -0.302. The number of hydrogen-bond donors (Lipinski definition) is 2. The van der Waals surface area contributed by atoms with Crippen molar-refractivity contribution in [2.75, 3.05) is 12.4 Å². The van der Waals surface area contributed by atoms with Gasteiger partial charge in [-0.25, -0.2) is 0 Å². The van der Waals surface area contributed by atoms with E-state index in [1.54, 1.807) is 37.4 Å². The summed E-state index contributed by atoms with van der Waals surface area (Å²) >= 11 is 0. The topological polar surface area (TPSA) is 71.2 Å². The normalized spacial score (nSPS) is 10.2. The minimum Gasteiger partial charge on any atom is -0.497 e. The number of amides is 1. The zero-order valence-corrected chi connectivity index (χ0v) is 12.1. The number of H-pyrrole nitrogens is 1. The fourth-order valence-electron chi connectivity index (χ4n) is 2.01. The van der Waals surface area contributed by atoms with Crippen LogP contribution in [0.5, 0.6) is 5.75 Å². The Labute approximate surface area is 123 Å². The second-order valence-electron chi connectivity index (χ2n) is 4.69. The number of hydrogen-bond acceptors (Lipinski definition) is 3. The van der Waals surface area contributed by atoms with E-state index in [0.29, 0.717) is 11.3 Å². The van der Waals surface area contributed by atoms with E-state index in [-0.39, 0.29) is 11.5 Å². The summed E-state index contributed by atoms with van der Waals surface area (Å²) in [6.45, 7) is 2.02. The summed E-state index contributed by atoms with van der Waals surface area (Å²) in [6, 6.07) is 10.0. The summed E-state index contributed by atoms with van der Waals surface area (Å²) in [6.07, 6.45) is 1.64. The smallest absolute Gasteiger partial charge is 0.255 e. The van der Waals surface area contributed by atoms with Gasteiger partial charge in [0.2, 0.25) is 5.56 Å². The highest BCUT2D eigenvalue weighted by Crippen LogP contribution is 2.15. The molecule has 0 aliphatic rings. The number of carbonyl (C=O) groups excluding carboxylic acids is 1. The molecule has 0 aliphatic carbocycles. The van der Waals surface area contributed by atoms with Gasteiger partial charge in [0.15, 0.2) is 0 Å². The zero-order chi connectivity index (χ0) is 15.2. The van der Waals surface area contributed by atoms with Gasteiger partial charge in [0.1, 0.15) is 5.75 Å². The van der Waals surface area contributed by atoms with E-state index in [0.717, 1.165) is 24.3 Å². The molecule has 1 heterocycles. The number of methoxy groups -OCH3 is 1. The molecule has 0 spiro atoms. The molecule has 0 aliphatic heterocycles. The first-order chi connectivity index (χ1) is 10.1. The highest BCUT2D eigenvalue weighted by atomic mass is 16.5. The Balaban J connectivity index is 2.17. The molecule has 0 saturated carbocycles. The van der Waals surface area contributed by atoms with Gasteiger partial charge in [-0.15, -0.1) is 0 Å². The van der Waals surface area contributed by atoms with Gasteiger partial charge in [-0.3, -0.25) is 9.59 Å². The molecule has 1 aromatic heterocycles. The Hall–Kier alpha value is -2.56. The van der Waals surface area contributed by atoms with E-state index >= 15 is 0 Å². The van der Waals surface area contributed by atoms with E-state index in [1.165, 1.54) is 6.07 Å². The van der Waals surface area contributed by atoms with Gasteiger partial charge in [0, 0.05) is 23.0 Å². The summed E-state index contributed by atoms with van der Waals surface area (Å²) in [5.74, 6) is 0.415. The van der Waals surface area contributed by atoms with Gasteiger partial charge in [0.05, 0.1) is 7.11 Å². The predicted molar refractivity (Wildman–Crippen MR) is 82.0 cm³/mol. The highest BCUT2D eigenvalue weighted by Gasteiger charge is 2.08. The van der Waals surface area contributed by atoms with Crippen molar-refractivity contribution in [3.05, 3.63) is 58.0 Å². The molecule has 110 valence electrons. The second kappa shape index (κ2) is 6.74. The molecule has 1 amide bonds. The van der Waals surface area contributed by atoms with Crippen molar-refractivity contribution in [1.82, 2.24) is 4.98 Å². The Kier molecular flexibility index (Phi) is 4.77. The average molecular weight is 286 g/mol. The van der Waals surface area contributed by atoms with Crippen molar-refractivity contribution < 1.29 is 9.53 Å². The lowest BCUT2D eigenvalue weighted by Gasteiger charge is -2.07. The molecule has 0 unspecified atom stereocenters. The molecular formula is C16H18N2O3. The van der Waals surface area contributed by atoms with Crippen molar-refractivity contribution in [2.45, 2.75) is 19.8 Å². The minimum absolute atomic E-state index is 0.263. The highest BCUT2D eigenvalue weighted by molar-refractivity contribution is 6.04. The standard InChI is InChI=1S/C16H18N2O3/c1-3-4-13-9-11(10-15(19)17-13)16(20)18-12-5-7-14(21-2)8-6-12/h5-10H,3-4H2,1-2H3,(H,17,19)(H,18,20). The van der Waals surface area contributed by atoms with Crippen molar-refractivity contribution >= 4 is 11.6 Å².